The van der Waals surface area contributed by atoms with E-state index in [2.05, 4.69) is 22.3 Å². The van der Waals surface area contributed by atoms with Crippen molar-refractivity contribution in [3.8, 4) is 5.75 Å². The molecule has 0 saturated carbocycles. The molecule has 3 aromatic rings. The number of nitrogens with zero attached hydrogens (tertiary/aromatic N) is 3. The third-order valence-corrected chi connectivity index (χ3v) is 8.56. The Morgan fingerprint density at radius 3 is 2.38 bits per heavy atom. The van der Waals surface area contributed by atoms with Gasteiger partial charge in [-0.1, -0.05) is 48.5 Å². The second-order valence-corrected chi connectivity index (χ2v) is 13.1. The maximum atomic E-state index is 14.0. The Hall–Kier alpha value is -4.73. The topological polar surface area (TPSA) is 101 Å². The van der Waals surface area contributed by atoms with E-state index in [0.29, 0.717) is 57.7 Å². The summed E-state index contributed by atoms with van der Waals surface area (Å²) in [7, 11) is 1.65. The molecule has 10 nitrogen and oxygen atoms in total. The Bertz CT molecular complexity index is 1560. The zero-order chi connectivity index (χ0) is 33.6. The highest BCUT2D eigenvalue weighted by Gasteiger charge is 2.36. The molecule has 3 aromatic carbocycles. The molecule has 1 N–H and O–H groups in total. The van der Waals surface area contributed by atoms with Gasteiger partial charge in [-0.25, -0.2) is 9.59 Å². The van der Waals surface area contributed by atoms with Crippen LogP contribution in [0.2, 0.25) is 0 Å². The zero-order valence-electron chi connectivity index (χ0n) is 28.1. The van der Waals surface area contributed by atoms with Crippen molar-refractivity contribution in [1.29, 1.82) is 0 Å². The summed E-state index contributed by atoms with van der Waals surface area (Å²) in [5.74, 6) is 0.780. The van der Waals surface area contributed by atoms with Gasteiger partial charge in [-0.15, -0.1) is 0 Å². The summed E-state index contributed by atoms with van der Waals surface area (Å²) in [5, 5.41) is 2.86. The van der Waals surface area contributed by atoms with Crippen LogP contribution in [-0.4, -0.2) is 73.3 Å². The molecule has 0 radical (unpaired) electrons. The number of amides is 3. The van der Waals surface area contributed by atoms with Crippen LogP contribution >= 0.6 is 0 Å². The normalized spacial score (nSPS) is 15.3. The minimum Gasteiger partial charge on any atom is -0.496 e. The Morgan fingerprint density at radius 1 is 0.957 bits per heavy atom. The molecule has 1 saturated heterocycles. The van der Waals surface area contributed by atoms with E-state index in [0.717, 1.165) is 33.7 Å². The molecule has 0 spiro atoms. The predicted octanol–water partition coefficient (Wildman–Crippen LogP) is 6.46. The molecule has 3 amide bonds. The number of alkyl carbamates (subject to hydrolysis) is 1. The zero-order valence-corrected chi connectivity index (χ0v) is 28.1. The highest BCUT2D eigenvalue weighted by Crippen LogP contribution is 2.39. The number of benzene rings is 3. The summed E-state index contributed by atoms with van der Waals surface area (Å²) in [6, 6.07) is 21.3. The van der Waals surface area contributed by atoms with E-state index in [1.807, 2.05) is 87.2 Å². The van der Waals surface area contributed by atoms with Gasteiger partial charge in [0, 0.05) is 56.1 Å². The molecule has 2 heterocycles. The van der Waals surface area contributed by atoms with Crippen LogP contribution in [0.5, 0.6) is 5.75 Å². The number of methoxy groups -OCH3 is 1. The van der Waals surface area contributed by atoms with Gasteiger partial charge in [0.2, 0.25) is 0 Å². The lowest BCUT2D eigenvalue weighted by Gasteiger charge is -2.37. The SMILES string of the molecule is COc1ccc([C@@H](CCCNC(=O)OCc2ccccc2)N2Cc3c(cccc3N3CCN(C(=O)OC(C)(C)C)CC3)C2=O)cc1C. The van der Waals surface area contributed by atoms with Crippen LogP contribution < -0.4 is 15.0 Å². The summed E-state index contributed by atoms with van der Waals surface area (Å²) in [5.41, 5.74) is 5.12. The summed E-state index contributed by atoms with van der Waals surface area (Å²) in [6.07, 6.45) is 0.532. The maximum Gasteiger partial charge on any atom is 0.410 e. The fourth-order valence-corrected chi connectivity index (χ4v) is 6.21. The molecule has 2 aliphatic rings. The second-order valence-electron chi connectivity index (χ2n) is 13.1. The molecule has 5 rings (SSSR count). The lowest BCUT2D eigenvalue weighted by atomic mass is 9.98. The van der Waals surface area contributed by atoms with Crippen molar-refractivity contribution in [3.63, 3.8) is 0 Å². The van der Waals surface area contributed by atoms with Crippen molar-refractivity contribution in [2.75, 3.05) is 44.7 Å². The van der Waals surface area contributed by atoms with E-state index in [-0.39, 0.29) is 24.6 Å². The number of hydrogen-bond acceptors (Lipinski definition) is 7. The van der Waals surface area contributed by atoms with Crippen molar-refractivity contribution < 1.29 is 28.6 Å². The van der Waals surface area contributed by atoms with Gasteiger partial charge in [0.25, 0.3) is 5.91 Å². The summed E-state index contributed by atoms with van der Waals surface area (Å²) in [6.45, 7) is 11.1. The molecule has 47 heavy (non-hydrogen) atoms. The number of anilines is 1. The van der Waals surface area contributed by atoms with Crippen LogP contribution in [-0.2, 0) is 22.6 Å². The average molecular weight is 643 g/mol. The Balaban J connectivity index is 1.27. The molecule has 1 atom stereocenters. The Morgan fingerprint density at radius 2 is 1.70 bits per heavy atom. The fourth-order valence-electron chi connectivity index (χ4n) is 6.21. The first-order valence-electron chi connectivity index (χ1n) is 16.3. The van der Waals surface area contributed by atoms with Crippen LogP contribution in [0.4, 0.5) is 15.3 Å². The summed E-state index contributed by atoms with van der Waals surface area (Å²) < 4.78 is 16.5. The number of nitrogens with one attached hydrogen (secondary N) is 1. The summed E-state index contributed by atoms with van der Waals surface area (Å²) in [4.78, 5) is 45.0. The number of hydrogen-bond donors (Lipinski definition) is 1. The molecule has 0 aliphatic carbocycles. The van der Waals surface area contributed by atoms with E-state index < -0.39 is 11.7 Å². The predicted molar refractivity (Wildman–Crippen MR) is 181 cm³/mol. The molecule has 0 unspecified atom stereocenters. The second kappa shape index (κ2) is 14.8. The number of ether oxygens (including phenoxy) is 3. The largest absolute Gasteiger partial charge is 0.496 e. The Labute approximate surface area is 277 Å². The van der Waals surface area contributed by atoms with E-state index in [4.69, 9.17) is 14.2 Å². The lowest BCUT2D eigenvalue weighted by molar-refractivity contribution is 0.0240. The van der Waals surface area contributed by atoms with Crippen molar-refractivity contribution in [2.24, 2.45) is 0 Å². The smallest absolute Gasteiger partial charge is 0.410 e. The van der Waals surface area contributed by atoms with Gasteiger partial charge < -0.3 is 34.2 Å². The first kappa shape index (κ1) is 33.6. The quantitative estimate of drug-likeness (QED) is 0.253. The van der Waals surface area contributed by atoms with Crippen molar-refractivity contribution in [3.05, 3.63) is 94.5 Å². The molecule has 250 valence electrons. The maximum absolute atomic E-state index is 14.0. The molecule has 1 fully saturated rings. The molecular formula is C37H46N4O6. The monoisotopic (exact) mass is 642 g/mol. The third kappa shape index (κ3) is 8.36. The Kier molecular flexibility index (Phi) is 10.6. The highest BCUT2D eigenvalue weighted by atomic mass is 16.6. The first-order valence-corrected chi connectivity index (χ1v) is 16.3. The lowest BCUT2D eigenvalue weighted by Crippen LogP contribution is -2.50. The van der Waals surface area contributed by atoms with Crippen molar-refractivity contribution >= 4 is 23.8 Å². The van der Waals surface area contributed by atoms with E-state index in [9.17, 15) is 14.4 Å². The molecule has 0 bridgehead atoms. The van der Waals surface area contributed by atoms with Crippen molar-refractivity contribution in [1.82, 2.24) is 15.1 Å². The van der Waals surface area contributed by atoms with Gasteiger partial charge in [0.05, 0.1) is 13.2 Å². The van der Waals surface area contributed by atoms with Gasteiger partial charge in [-0.2, -0.15) is 0 Å². The minimum absolute atomic E-state index is 0.0112. The number of carbonyl (C=O) groups is 3. The molecule has 2 aliphatic heterocycles. The average Bonchev–Trinajstić information content (AvgIpc) is 3.39. The number of carbonyl (C=O) groups excluding carboxylic acids is 3. The molecule has 0 aromatic heterocycles. The van der Waals surface area contributed by atoms with Crippen molar-refractivity contribution in [2.45, 2.75) is 65.3 Å². The van der Waals surface area contributed by atoms with Gasteiger partial charge in [-0.05, 0) is 75.4 Å². The van der Waals surface area contributed by atoms with Crippen LogP contribution in [0.3, 0.4) is 0 Å². The van der Waals surface area contributed by atoms with Crippen LogP contribution in [0, 0.1) is 6.92 Å². The van der Waals surface area contributed by atoms with E-state index in [1.54, 1.807) is 12.0 Å². The standard InChI is InChI=1S/C37H46N4O6/c1-26-23-28(16-17-33(26)45-5)31(15-10-18-38-35(43)46-25-27-11-7-6-8-12-27)41-24-30-29(34(41)42)13-9-14-32(30)39-19-21-40(22-20-39)36(44)47-37(2,3)4/h6-9,11-14,16-17,23,31H,10,15,18-22,24-25H2,1-5H3,(H,38,43)/t31-/m1/s1. The molecular weight excluding hydrogens is 596 g/mol. The fraction of sp³-hybridized carbons (Fsp3) is 0.432. The van der Waals surface area contributed by atoms with Crippen LogP contribution in [0.25, 0.3) is 0 Å². The number of fused-ring (bicyclic) bond motifs is 1. The van der Waals surface area contributed by atoms with Gasteiger partial charge in [0.15, 0.2) is 0 Å². The first-order chi connectivity index (χ1) is 22.5. The number of rotatable bonds is 10. The van der Waals surface area contributed by atoms with E-state index in [1.165, 1.54) is 0 Å². The van der Waals surface area contributed by atoms with Crippen LogP contribution in [0.15, 0.2) is 66.7 Å². The van der Waals surface area contributed by atoms with Gasteiger partial charge in [-0.3, -0.25) is 4.79 Å². The number of piperazine rings is 1. The van der Waals surface area contributed by atoms with E-state index >= 15 is 0 Å². The molecule has 10 heteroatoms. The highest BCUT2D eigenvalue weighted by molar-refractivity contribution is 6.00. The van der Waals surface area contributed by atoms with Gasteiger partial charge in [0.1, 0.15) is 18.0 Å². The number of aryl methyl sites for hydroxylation is 1. The minimum atomic E-state index is -0.543. The van der Waals surface area contributed by atoms with Gasteiger partial charge >= 0.3 is 12.2 Å². The summed E-state index contributed by atoms with van der Waals surface area (Å²) >= 11 is 0. The van der Waals surface area contributed by atoms with Crippen LogP contribution in [0.1, 0.15) is 72.3 Å². The third-order valence-electron chi connectivity index (χ3n) is 8.56.